The van der Waals surface area contributed by atoms with Gasteiger partial charge in [0.15, 0.2) is 0 Å². The van der Waals surface area contributed by atoms with Gasteiger partial charge in [-0.15, -0.1) is 0 Å². The quantitative estimate of drug-likeness (QED) is 0.746. The smallest absolute Gasteiger partial charge is 0.304 e. The summed E-state index contributed by atoms with van der Waals surface area (Å²) in [6, 6.07) is 0.168. The molecule has 2 unspecified atom stereocenters. The van der Waals surface area contributed by atoms with Crippen LogP contribution in [-0.4, -0.2) is 47.6 Å². The van der Waals surface area contributed by atoms with Gasteiger partial charge in [0.05, 0.1) is 6.42 Å². The first kappa shape index (κ1) is 15.0. The van der Waals surface area contributed by atoms with E-state index in [4.69, 9.17) is 5.11 Å². The highest BCUT2D eigenvalue weighted by atomic mass is 16.4. The standard InChI is InChI=1S/C13H24N2O3/c1-3-4-11-7-12(14-10(2)16)9-15(8-11)6-5-13(17)18/h11-12H,3-9H2,1-2H3,(H,14,16)(H,17,18). The molecule has 1 saturated heterocycles. The Hall–Kier alpha value is -1.10. The van der Waals surface area contributed by atoms with E-state index in [1.807, 2.05) is 0 Å². The zero-order valence-electron chi connectivity index (χ0n) is 11.3. The molecular formula is C13H24N2O3. The Balaban J connectivity index is 2.50. The van der Waals surface area contributed by atoms with Gasteiger partial charge in [-0.2, -0.15) is 0 Å². The second-order valence-electron chi connectivity index (χ2n) is 5.19. The summed E-state index contributed by atoms with van der Waals surface area (Å²) in [6.07, 6.45) is 3.45. The number of carboxylic acids is 1. The molecule has 1 aliphatic rings. The van der Waals surface area contributed by atoms with Gasteiger partial charge >= 0.3 is 5.97 Å². The van der Waals surface area contributed by atoms with Crippen molar-refractivity contribution in [3.8, 4) is 0 Å². The molecule has 1 heterocycles. The highest BCUT2D eigenvalue weighted by Crippen LogP contribution is 2.21. The highest BCUT2D eigenvalue weighted by Gasteiger charge is 2.27. The molecule has 0 spiro atoms. The Morgan fingerprint density at radius 3 is 2.67 bits per heavy atom. The molecule has 0 saturated carbocycles. The Kier molecular flexibility index (Phi) is 6.12. The Morgan fingerprint density at radius 1 is 1.39 bits per heavy atom. The van der Waals surface area contributed by atoms with Gasteiger partial charge in [-0.25, -0.2) is 0 Å². The van der Waals surface area contributed by atoms with E-state index < -0.39 is 5.97 Å². The molecule has 0 aliphatic carbocycles. The molecule has 0 bridgehead atoms. The minimum absolute atomic E-state index is 0.00432. The molecule has 5 heteroatoms. The van der Waals surface area contributed by atoms with E-state index in [1.165, 1.54) is 6.92 Å². The summed E-state index contributed by atoms with van der Waals surface area (Å²) in [5, 5.41) is 11.7. The number of aliphatic carboxylic acids is 1. The highest BCUT2D eigenvalue weighted by molar-refractivity contribution is 5.73. The summed E-state index contributed by atoms with van der Waals surface area (Å²) < 4.78 is 0. The number of likely N-dealkylation sites (tertiary alicyclic amines) is 1. The van der Waals surface area contributed by atoms with E-state index in [1.54, 1.807) is 0 Å². The molecule has 18 heavy (non-hydrogen) atoms. The first-order chi connectivity index (χ1) is 8.51. The van der Waals surface area contributed by atoms with Crippen LogP contribution in [0.25, 0.3) is 0 Å². The first-order valence-corrected chi connectivity index (χ1v) is 6.72. The first-order valence-electron chi connectivity index (χ1n) is 6.72. The van der Waals surface area contributed by atoms with Crippen LogP contribution in [0.5, 0.6) is 0 Å². The number of nitrogens with zero attached hydrogens (tertiary/aromatic N) is 1. The maximum Gasteiger partial charge on any atom is 0.304 e. The van der Waals surface area contributed by atoms with Crippen LogP contribution in [0.15, 0.2) is 0 Å². The van der Waals surface area contributed by atoms with E-state index in [0.717, 1.165) is 32.4 Å². The largest absolute Gasteiger partial charge is 0.481 e. The van der Waals surface area contributed by atoms with Crippen molar-refractivity contribution in [1.82, 2.24) is 10.2 Å². The minimum Gasteiger partial charge on any atom is -0.481 e. The lowest BCUT2D eigenvalue weighted by Crippen LogP contribution is -2.50. The predicted octanol–water partition coefficient (Wildman–Crippen LogP) is 1.09. The summed E-state index contributed by atoms with van der Waals surface area (Å²) in [5.74, 6) is -0.201. The van der Waals surface area contributed by atoms with Crippen LogP contribution in [0.1, 0.15) is 39.5 Å². The second kappa shape index (κ2) is 7.36. The number of hydrogen-bond acceptors (Lipinski definition) is 3. The van der Waals surface area contributed by atoms with Crippen molar-refractivity contribution in [3.63, 3.8) is 0 Å². The van der Waals surface area contributed by atoms with Gasteiger partial charge in [-0.3, -0.25) is 9.59 Å². The second-order valence-corrected chi connectivity index (χ2v) is 5.19. The fourth-order valence-corrected chi connectivity index (χ4v) is 2.75. The Bertz CT molecular complexity index is 294. The summed E-state index contributed by atoms with van der Waals surface area (Å²) in [7, 11) is 0. The van der Waals surface area contributed by atoms with E-state index >= 15 is 0 Å². The molecule has 2 atom stereocenters. The Labute approximate surface area is 109 Å². The zero-order valence-corrected chi connectivity index (χ0v) is 11.3. The van der Waals surface area contributed by atoms with Crippen LogP contribution in [0, 0.1) is 5.92 Å². The van der Waals surface area contributed by atoms with E-state index in [9.17, 15) is 9.59 Å². The average molecular weight is 256 g/mol. The number of rotatable bonds is 6. The van der Waals surface area contributed by atoms with Crippen LogP contribution in [0.4, 0.5) is 0 Å². The summed E-state index contributed by atoms with van der Waals surface area (Å²) in [6.45, 7) is 5.99. The summed E-state index contributed by atoms with van der Waals surface area (Å²) >= 11 is 0. The molecule has 0 aromatic carbocycles. The molecule has 104 valence electrons. The lowest BCUT2D eigenvalue weighted by Gasteiger charge is -2.37. The normalized spacial score (nSPS) is 24.8. The third kappa shape index (κ3) is 5.49. The fraction of sp³-hybridized carbons (Fsp3) is 0.846. The van der Waals surface area contributed by atoms with Crippen molar-refractivity contribution in [2.75, 3.05) is 19.6 Å². The van der Waals surface area contributed by atoms with Gasteiger partial charge in [0.1, 0.15) is 0 Å². The number of piperidine rings is 1. The van der Waals surface area contributed by atoms with Gasteiger partial charge in [-0.05, 0) is 18.8 Å². The van der Waals surface area contributed by atoms with Crippen LogP contribution < -0.4 is 5.32 Å². The number of carboxylic acid groups (broad SMARTS) is 1. The fourth-order valence-electron chi connectivity index (χ4n) is 2.75. The van der Waals surface area contributed by atoms with Crippen LogP contribution >= 0.6 is 0 Å². The van der Waals surface area contributed by atoms with Crippen molar-refractivity contribution >= 4 is 11.9 Å². The summed E-state index contributed by atoms with van der Waals surface area (Å²) in [4.78, 5) is 23.9. The molecule has 0 radical (unpaired) electrons. The molecule has 1 fully saturated rings. The maximum atomic E-state index is 11.1. The summed E-state index contributed by atoms with van der Waals surface area (Å²) in [5.41, 5.74) is 0. The van der Waals surface area contributed by atoms with Crippen molar-refractivity contribution in [3.05, 3.63) is 0 Å². The number of amides is 1. The molecule has 5 nitrogen and oxygen atoms in total. The van der Waals surface area contributed by atoms with Crippen molar-refractivity contribution in [2.24, 2.45) is 5.92 Å². The van der Waals surface area contributed by atoms with Crippen LogP contribution in [0.2, 0.25) is 0 Å². The molecule has 1 aliphatic heterocycles. The molecule has 1 rings (SSSR count). The maximum absolute atomic E-state index is 11.1. The van der Waals surface area contributed by atoms with E-state index in [0.29, 0.717) is 12.5 Å². The lowest BCUT2D eigenvalue weighted by atomic mass is 9.90. The zero-order chi connectivity index (χ0) is 13.5. The van der Waals surface area contributed by atoms with Crippen molar-refractivity contribution in [2.45, 2.75) is 45.6 Å². The molecule has 1 amide bonds. The molecule has 2 N–H and O–H groups in total. The number of carbonyl (C=O) groups is 2. The topological polar surface area (TPSA) is 69.6 Å². The lowest BCUT2D eigenvalue weighted by molar-refractivity contribution is -0.137. The van der Waals surface area contributed by atoms with Crippen molar-refractivity contribution < 1.29 is 14.7 Å². The molecular weight excluding hydrogens is 232 g/mol. The third-order valence-corrected chi connectivity index (χ3v) is 3.36. The van der Waals surface area contributed by atoms with Crippen molar-refractivity contribution in [1.29, 1.82) is 0 Å². The minimum atomic E-state index is -0.760. The Morgan fingerprint density at radius 2 is 2.11 bits per heavy atom. The number of nitrogens with one attached hydrogen (secondary N) is 1. The van der Waals surface area contributed by atoms with E-state index in [-0.39, 0.29) is 18.4 Å². The number of hydrogen-bond donors (Lipinski definition) is 2. The van der Waals surface area contributed by atoms with Crippen LogP contribution in [-0.2, 0) is 9.59 Å². The van der Waals surface area contributed by atoms with Gasteiger partial charge in [-0.1, -0.05) is 13.3 Å². The molecule has 0 aromatic rings. The predicted molar refractivity (Wildman–Crippen MR) is 69.3 cm³/mol. The van der Waals surface area contributed by atoms with Gasteiger partial charge in [0.2, 0.25) is 5.91 Å². The SMILES string of the molecule is CCCC1CC(NC(C)=O)CN(CCC(=O)O)C1. The van der Waals surface area contributed by atoms with Gasteiger partial charge < -0.3 is 15.3 Å². The number of carbonyl (C=O) groups excluding carboxylic acids is 1. The average Bonchev–Trinajstić information content (AvgIpc) is 2.25. The third-order valence-electron chi connectivity index (χ3n) is 3.36. The molecule has 0 aromatic heterocycles. The van der Waals surface area contributed by atoms with Crippen LogP contribution in [0.3, 0.4) is 0 Å². The monoisotopic (exact) mass is 256 g/mol. The van der Waals surface area contributed by atoms with Gasteiger partial charge in [0, 0.05) is 32.6 Å². The van der Waals surface area contributed by atoms with Gasteiger partial charge in [0.25, 0.3) is 0 Å². The van der Waals surface area contributed by atoms with E-state index in [2.05, 4.69) is 17.1 Å².